The predicted molar refractivity (Wildman–Crippen MR) is 91.5 cm³/mol. The Bertz CT molecular complexity index is 673. The third kappa shape index (κ3) is 3.82. The highest BCUT2D eigenvalue weighted by atomic mass is 16.3. The third-order valence-electron chi connectivity index (χ3n) is 4.71. The molecule has 128 valence electrons. The van der Waals surface area contributed by atoms with Gasteiger partial charge >= 0.3 is 0 Å². The Balaban J connectivity index is 1.60. The minimum atomic E-state index is -0.0433. The van der Waals surface area contributed by atoms with Crippen LogP contribution >= 0.6 is 0 Å². The summed E-state index contributed by atoms with van der Waals surface area (Å²) in [6.07, 6.45) is 4.64. The van der Waals surface area contributed by atoms with Gasteiger partial charge in [0, 0.05) is 30.2 Å². The topological polar surface area (TPSA) is 90.9 Å². The van der Waals surface area contributed by atoms with Crippen LogP contribution in [0.25, 0.3) is 11.4 Å². The summed E-state index contributed by atoms with van der Waals surface area (Å²) in [6.45, 7) is 2.27. The van der Waals surface area contributed by atoms with Gasteiger partial charge in [-0.1, -0.05) is 19.1 Å². The van der Waals surface area contributed by atoms with Crippen LogP contribution in [0.2, 0.25) is 0 Å². The molecule has 0 saturated heterocycles. The summed E-state index contributed by atoms with van der Waals surface area (Å²) in [6, 6.07) is 7.58. The zero-order valence-corrected chi connectivity index (χ0v) is 14.0. The Morgan fingerprint density at radius 3 is 2.54 bits per heavy atom. The van der Waals surface area contributed by atoms with Crippen molar-refractivity contribution in [1.82, 2.24) is 20.5 Å². The number of hydrogen-bond donors (Lipinski definition) is 3. The van der Waals surface area contributed by atoms with E-state index in [1.54, 1.807) is 0 Å². The average molecular weight is 328 g/mol. The second-order valence-corrected chi connectivity index (χ2v) is 6.41. The van der Waals surface area contributed by atoms with Gasteiger partial charge in [-0.15, -0.1) is 0 Å². The lowest BCUT2D eigenvalue weighted by Gasteiger charge is -2.27. The van der Waals surface area contributed by atoms with Crippen LogP contribution in [-0.4, -0.2) is 38.8 Å². The Kier molecular flexibility index (Phi) is 5.25. The Morgan fingerprint density at radius 2 is 1.96 bits per heavy atom. The minimum Gasteiger partial charge on any atom is -0.396 e. The molecule has 1 aliphatic carbocycles. The van der Waals surface area contributed by atoms with Crippen molar-refractivity contribution >= 4 is 5.91 Å². The number of rotatable bonds is 5. The summed E-state index contributed by atoms with van der Waals surface area (Å²) >= 11 is 0. The first-order valence-electron chi connectivity index (χ1n) is 8.63. The first-order chi connectivity index (χ1) is 11.7. The number of nitrogens with one attached hydrogen (secondary N) is 2. The molecule has 1 saturated carbocycles. The maximum absolute atomic E-state index is 12.4. The highest BCUT2D eigenvalue weighted by Crippen LogP contribution is 2.24. The van der Waals surface area contributed by atoms with Crippen LogP contribution < -0.4 is 5.32 Å². The van der Waals surface area contributed by atoms with Gasteiger partial charge in [-0.3, -0.25) is 9.89 Å². The number of aromatic nitrogens is 3. The molecule has 2 aromatic rings. The zero-order chi connectivity index (χ0) is 16.9. The molecule has 0 radical (unpaired) electrons. The van der Waals surface area contributed by atoms with Crippen LogP contribution in [0.4, 0.5) is 0 Å². The van der Waals surface area contributed by atoms with Crippen molar-refractivity contribution in [2.24, 2.45) is 5.92 Å². The normalized spacial score (nSPS) is 20.8. The van der Waals surface area contributed by atoms with Crippen LogP contribution in [0.15, 0.2) is 24.3 Å². The first-order valence-corrected chi connectivity index (χ1v) is 8.63. The van der Waals surface area contributed by atoms with Crippen molar-refractivity contribution < 1.29 is 9.90 Å². The van der Waals surface area contributed by atoms with Gasteiger partial charge < -0.3 is 10.4 Å². The largest absolute Gasteiger partial charge is 0.396 e. The predicted octanol–water partition coefficient (Wildman–Crippen LogP) is 2.31. The molecule has 1 heterocycles. The molecule has 1 fully saturated rings. The van der Waals surface area contributed by atoms with Crippen LogP contribution in [0.5, 0.6) is 0 Å². The molecular weight excluding hydrogens is 304 g/mol. The van der Waals surface area contributed by atoms with E-state index in [-0.39, 0.29) is 18.6 Å². The fourth-order valence-corrected chi connectivity index (χ4v) is 3.11. The molecular formula is C18H24N4O2. The van der Waals surface area contributed by atoms with E-state index in [0.717, 1.165) is 43.5 Å². The van der Waals surface area contributed by atoms with Gasteiger partial charge in [0.15, 0.2) is 5.82 Å². The van der Waals surface area contributed by atoms with E-state index in [2.05, 4.69) is 20.5 Å². The van der Waals surface area contributed by atoms with Crippen LogP contribution in [0.1, 0.15) is 48.8 Å². The maximum Gasteiger partial charge on any atom is 0.251 e. The second kappa shape index (κ2) is 7.57. The molecule has 1 aromatic heterocycles. The highest BCUT2D eigenvalue weighted by molar-refractivity contribution is 5.94. The molecule has 0 bridgehead atoms. The van der Waals surface area contributed by atoms with Crippen LogP contribution in [-0.2, 0) is 6.42 Å². The smallest absolute Gasteiger partial charge is 0.251 e. The summed E-state index contributed by atoms with van der Waals surface area (Å²) in [5.74, 6) is 1.86. The molecule has 1 aromatic carbocycles. The molecule has 0 unspecified atom stereocenters. The number of benzene rings is 1. The van der Waals surface area contributed by atoms with Crippen LogP contribution in [0, 0.1) is 5.92 Å². The molecule has 1 aliphatic rings. The Morgan fingerprint density at radius 1 is 1.25 bits per heavy atom. The molecule has 6 heteroatoms. The first kappa shape index (κ1) is 16.6. The lowest BCUT2D eigenvalue weighted by molar-refractivity contribution is 0.0914. The van der Waals surface area contributed by atoms with Gasteiger partial charge in [0.05, 0.1) is 0 Å². The molecule has 0 spiro atoms. The Labute approximate surface area is 141 Å². The van der Waals surface area contributed by atoms with Gasteiger partial charge in [-0.2, -0.15) is 5.10 Å². The number of aliphatic hydroxyl groups is 1. The van der Waals surface area contributed by atoms with Crippen molar-refractivity contribution in [2.75, 3.05) is 6.61 Å². The standard InChI is InChI=1S/C18H24N4O2/c1-2-16-20-17(22-21-16)13-5-7-14(8-6-13)18(24)19-15-9-3-12(11-23)4-10-15/h5-8,12,15,23H,2-4,9-11H2,1H3,(H,19,24)(H,20,21,22). The van der Waals surface area contributed by atoms with Crippen molar-refractivity contribution in [1.29, 1.82) is 0 Å². The van der Waals surface area contributed by atoms with Crippen LogP contribution in [0.3, 0.4) is 0 Å². The van der Waals surface area contributed by atoms with E-state index >= 15 is 0 Å². The number of aryl methyl sites for hydroxylation is 1. The van der Waals surface area contributed by atoms with Gasteiger partial charge in [0.1, 0.15) is 5.82 Å². The molecule has 24 heavy (non-hydrogen) atoms. The molecule has 3 N–H and O–H groups in total. The number of carbonyl (C=O) groups is 1. The number of hydrogen-bond acceptors (Lipinski definition) is 4. The molecule has 0 aliphatic heterocycles. The summed E-state index contributed by atoms with van der Waals surface area (Å²) in [7, 11) is 0. The lowest BCUT2D eigenvalue weighted by atomic mass is 9.86. The van der Waals surface area contributed by atoms with Crippen molar-refractivity contribution in [2.45, 2.75) is 45.1 Å². The van der Waals surface area contributed by atoms with Crippen molar-refractivity contribution in [3.05, 3.63) is 35.7 Å². The molecule has 1 amide bonds. The zero-order valence-electron chi connectivity index (χ0n) is 14.0. The number of aromatic amines is 1. The van der Waals surface area contributed by atoms with Gasteiger partial charge in [-0.25, -0.2) is 4.98 Å². The summed E-state index contributed by atoms with van der Waals surface area (Å²) in [5, 5.41) is 19.3. The Hall–Kier alpha value is -2.21. The number of aliphatic hydroxyl groups excluding tert-OH is 1. The van der Waals surface area contributed by atoms with E-state index in [4.69, 9.17) is 0 Å². The summed E-state index contributed by atoms with van der Waals surface area (Å²) < 4.78 is 0. The number of carbonyl (C=O) groups excluding carboxylic acids is 1. The minimum absolute atomic E-state index is 0.0433. The molecule has 3 rings (SSSR count). The maximum atomic E-state index is 12.4. The second-order valence-electron chi connectivity index (χ2n) is 6.41. The van der Waals surface area contributed by atoms with E-state index < -0.39 is 0 Å². The van der Waals surface area contributed by atoms with E-state index in [1.165, 1.54) is 0 Å². The third-order valence-corrected chi connectivity index (χ3v) is 4.71. The van der Waals surface area contributed by atoms with E-state index in [0.29, 0.717) is 17.3 Å². The SMILES string of the molecule is CCc1nc(-c2ccc(C(=O)NC3CCC(CO)CC3)cc2)n[nH]1. The van der Waals surface area contributed by atoms with E-state index in [9.17, 15) is 9.90 Å². The van der Waals surface area contributed by atoms with E-state index in [1.807, 2.05) is 31.2 Å². The van der Waals surface area contributed by atoms with Gasteiger partial charge in [-0.05, 0) is 43.7 Å². The number of amides is 1. The quantitative estimate of drug-likeness (QED) is 0.785. The molecule has 6 nitrogen and oxygen atoms in total. The molecule has 0 atom stereocenters. The van der Waals surface area contributed by atoms with Gasteiger partial charge in [0.2, 0.25) is 0 Å². The fourth-order valence-electron chi connectivity index (χ4n) is 3.11. The lowest BCUT2D eigenvalue weighted by Crippen LogP contribution is -2.38. The number of nitrogens with zero attached hydrogens (tertiary/aromatic N) is 2. The van der Waals surface area contributed by atoms with Gasteiger partial charge in [0.25, 0.3) is 5.91 Å². The number of H-pyrrole nitrogens is 1. The average Bonchev–Trinajstić information content (AvgIpc) is 3.11. The summed E-state index contributed by atoms with van der Waals surface area (Å²) in [4.78, 5) is 16.8. The monoisotopic (exact) mass is 328 g/mol. The van der Waals surface area contributed by atoms with Crippen molar-refractivity contribution in [3.8, 4) is 11.4 Å². The van der Waals surface area contributed by atoms with Crippen molar-refractivity contribution in [3.63, 3.8) is 0 Å². The highest BCUT2D eigenvalue weighted by Gasteiger charge is 2.22. The fraction of sp³-hybridized carbons (Fsp3) is 0.500. The summed E-state index contributed by atoms with van der Waals surface area (Å²) in [5.41, 5.74) is 1.54.